The molecule has 2 aliphatic heterocycles. The summed E-state index contributed by atoms with van der Waals surface area (Å²) in [5.74, 6) is -0.00649. The summed E-state index contributed by atoms with van der Waals surface area (Å²) in [7, 11) is 0. The van der Waals surface area contributed by atoms with Gasteiger partial charge in [0.2, 0.25) is 5.70 Å². The Bertz CT molecular complexity index is 1490. The van der Waals surface area contributed by atoms with Gasteiger partial charge in [-0.3, -0.25) is 0 Å². The monoisotopic (exact) mass is 496 g/mol. The average molecular weight is 497 g/mol. The van der Waals surface area contributed by atoms with Gasteiger partial charge in [-0.25, -0.2) is 15.0 Å². The van der Waals surface area contributed by atoms with Crippen LogP contribution in [0.2, 0.25) is 0 Å². The molecule has 0 saturated carbocycles. The summed E-state index contributed by atoms with van der Waals surface area (Å²) >= 11 is 0. The van der Waals surface area contributed by atoms with Crippen LogP contribution in [-0.2, 0) is 9.47 Å². The van der Waals surface area contributed by atoms with E-state index < -0.39 is 11.2 Å². The van der Waals surface area contributed by atoms with Gasteiger partial charge in [0.25, 0.3) is 0 Å². The van der Waals surface area contributed by atoms with Crippen LogP contribution >= 0.6 is 0 Å². The Morgan fingerprint density at radius 1 is 0.763 bits per heavy atom. The minimum atomic E-state index is -0.888. The van der Waals surface area contributed by atoms with Crippen LogP contribution in [0, 0.1) is 58.5 Å². The second-order valence-corrected chi connectivity index (χ2v) is 9.16. The molecule has 0 atom stereocenters. The van der Waals surface area contributed by atoms with Gasteiger partial charge in [0.1, 0.15) is 29.4 Å². The number of nitriles is 4. The second kappa shape index (κ2) is 10.4. The van der Waals surface area contributed by atoms with Gasteiger partial charge in [-0.2, -0.15) is 15.8 Å². The van der Waals surface area contributed by atoms with Crippen LogP contribution in [0.1, 0.15) is 38.8 Å². The van der Waals surface area contributed by atoms with Crippen molar-refractivity contribution in [2.24, 2.45) is 0 Å². The fourth-order valence-electron chi connectivity index (χ4n) is 4.00. The van der Waals surface area contributed by atoms with Gasteiger partial charge in [-0.05, 0) is 38.8 Å². The van der Waals surface area contributed by atoms with Gasteiger partial charge >= 0.3 is 5.70 Å². The lowest BCUT2D eigenvalue weighted by Crippen LogP contribution is -2.20. The molecule has 1 aromatic rings. The molecule has 0 bridgehead atoms. The minimum absolute atomic E-state index is 0.00305. The Labute approximate surface area is 221 Å². The zero-order valence-corrected chi connectivity index (χ0v) is 21.1. The molecule has 0 N–H and O–H groups in total. The molecule has 38 heavy (non-hydrogen) atoms. The first kappa shape index (κ1) is 26.8. The van der Waals surface area contributed by atoms with E-state index in [9.17, 15) is 21.0 Å². The molecule has 0 spiro atoms. The smallest absolute Gasteiger partial charge is 0.304 e. The van der Waals surface area contributed by atoms with Gasteiger partial charge in [0, 0.05) is 11.1 Å². The maximum atomic E-state index is 9.67. The molecule has 0 aliphatic carbocycles. The molecule has 8 nitrogen and oxygen atoms in total. The van der Waals surface area contributed by atoms with Gasteiger partial charge in [-0.1, -0.05) is 48.6 Å². The number of nitrogens with zero attached hydrogens (tertiary/aromatic N) is 6. The highest BCUT2D eigenvalue weighted by atomic mass is 16.5. The number of hydrogen-bond acceptors (Lipinski definition) is 6. The second-order valence-electron chi connectivity index (χ2n) is 9.16. The first-order chi connectivity index (χ1) is 18.1. The van der Waals surface area contributed by atoms with Crippen molar-refractivity contribution in [3.63, 3.8) is 0 Å². The van der Waals surface area contributed by atoms with Gasteiger partial charge in [0.05, 0.1) is 24.8 Å². The van der Waals surface area contributed by atoms with Crippen molar-refractivity contribution in [3.8, 4) is 24.3 Å². The van der Waals surface area contributed by atoms with Crippen LogP contribution in [0.15, 0.2) is 81.6 Å². The van der Waals surface area contributed by atoms with Crippen molar-refractivity contribution < 1.29 is 9.47 Å². The number of rotatable bonds is 4. The van der Waals surface area contributed by atoms with Crippen molar-refractivity contribution in [1.29, 1.82) is 21.0 Å². The zero-order chi connectivity index (χ0) is 28.1. The number of allylic oxidation sites excluding steroid dienone is 3. The lowest BCUT2D eigenvalue weighted by atomic mass is 9.94. The van der Waals surface area contributed by atoms with Crippen LogP contribution in [0.3, 0.4) is 0 Å². The summed E-state index contributed by atoms with van der Waals surface area (Å²) in [5, 5.41) is 37.3. The summed E-state index contributed by atoms with van der Waals surface area (Å²) in [6, 6.07) is 14.9. The van der Waals surface area contributed by atoms with E-state index in [2.05, 4.69) is 15.8 Å². The van der Waals surface area contributed by atoms with Crippen LogP contribution in [-0.4, -0.2) is 11.2 Å². The quantitative estimate of drug-likeness (QED) is 0.357. The molecule has 3 rings (SSSR count). The van der Waals surface area contributed by atoms with Crippen LogP contribution < -0.4 is 0 Å². The normalized spacial score (nSPS) is 18.5. The molecule has 2 aliphatic rings. The number of hydrogen-bond donors (Lipinski definition) is 0. The summed E-state index contributed by atoms with van der Waals surface area (Å²) in [6.45, 7) is 21.8. The van der Waals surface area contributed by atoms with Crippen LogP contribution in [0.5, 0.6) is 0 Å². The van der Waals surface area contributed by atoms with Gasteiger partial charge < -0.3 is 9.47 Å². The lowest BCUT2D eigenvalue weighted by Gasteiger charge is -2.21. The molecule has 2 heterocycles. The largest absolute Gasteiger partial charge is 0.493 e. The SMILES string of the molecule is [C-]#[N+]C1=C(/C=C/c2ccc(/C=C/C3=C(C#N)C(=C(\C#N)[N+]#[C-])/OC3(C)C)cc2)C(C)(C)OC1=C(C#N)C#N. The molecule has 0 saturated heterocycles. The molecule has 0 amide bonds. The van der Waals surface area contributed by atoms with E-state index in [0.29, 0.717) is 11.1 Å². The highest BCUT2D eigenvalue weighted by molar-refractivity contribution is 5.66. The Kier molecular flexibility index (Phi) is 7.36. The zero-order valence-electron chi connectivity index (χ0n) is 21.1. The predicted molar refractivity (Wildman–Crippen MR) is 139 cm³/mol. The van der Waals surface area contributed by atoms with Crippen molar-refractivity contribution in [3.05, 3.63) is 116 Å². The standard InChI is InChI=1S/C30H20N6O2/c1-29(2)23(22(17-33)28(38-29)25(18-34)35-5)13-11-19-7-9-20(10-8-19)12-14-24-26(36-6)27(21(15-31)16-32)37-30(24,3)4/h7-14H,1-4H3/b13-11+,14-12+,28-25-. The van der Waals surface area contributed by atoms with E-state index in [1.54, 1.807) is 58.1 Å². The van der Waals surface area contributed by atoms with E-state index in [-0.39, 0.29) is 34.1 Å². The van der Waals surface area contributed by atoms with Gasteiger partial charge in [0.15, 0.2) is 17.1 Å². The Morgan fingerprint density at radius 3 is 1.71 bits per heavy atom. The van der Waals surface area contributed by atoms with Crippen molar-refractivity contribution >= 4 is 12.2 Å². The maximum absolute atomic E-state index is 9.67. The molecule has 182 valence electrons. The fourth-order valence-corrected chi connectivity index (χ4v) is 4.00. The molecule has 1 aromatic carbocycles. The fraction of sp³-hybridized carbons (Fsp3) is 0.200. The van der Waals surface area contributed by atoms with E-state index in [0.717, 1.165) is 11.1 Å². The summed E-state index contributed by atoms with van der Waals surface area (Å²) in [4.78, 5) is 6.68. The van der Waals surface area contributed by atoms with Gasteiger partial charge in [-0.15, -0.1) is 0 Å². The third-order valence-electron chi connectivity index (χ3n) is 5.91. The maximum Gasteiger partial charge on any atom is 0.304 e. The Morgan fingerprint density at radius 2 is 1.26 bits per heavy atom. The van der Waals surface area contributed by atoms with E-state index in [1.807, 2.05) is 36.4 Å². The summed E-state index contributed by atoms with van der Waals surface area (Å²) < 4.78 is 11.6. The highest BCUT2D eigenvalue weighted by Gasteiger charge is 2.39. The third kappa shape index (κ3) is 4.94. The topological polar surface area (TPSA) is 122 Å². The van der Waals surface area contributed by atoms with Crippen LogP contribution in [0.4, 0.5) is 0 Å². The molecule has 8 heteroatoms. The van der Waals surface area contributed by atoms with Crippen molar-refractivity contribution in [2.45, 2.75) is 38.9 Å². The van der Waals surface area contributed by atoms with E-state index in [1.165, 1.54) is 0 Å². The summed E-state index contributed by atoms with van der Waals surface area (Å²) in [6.07, 6.45) is 7.12. The lowest BCUT2D eigenvalue weighted by molar-refractivity contribution is 0.0950. The summed E-state index contributed by atoms with van der Waals surface area (Å²) in [5.41, 5.74) is 0.832. The molecule has 0 radical (unpaired) electrons. The highest BCUT2D eigenvalue weighted by Crippen LogP contribution is 2.42. The minimum Gasteiger partial charge on any atom is -0.493 e. The molecular formula is C30H20N6O2. The Hall–Kier alpha value is -5.80. The van der Waals surface area contributed by atoms with E-state index in [4.69, 9.17) is 22.6 Å². The molecule has 0 aromatic heterocycles. The predicted octanol–water partition coefficient (Wildman–Crippen LogP) is 6.28. The van der Waals surface area contributed by atoms with Crippen molar-refractivity contribution in [1.82, 2.24) is 0 Å². The number of ether oxygens (including phenoxy) is 2. The average Bonchev–Trinajstić information content (AvgIpc) is 3.30. The van der Waals surface area contributed by atoms with Crippen molar-refractivity contribution in [2.75, 3.05) is 0 Å². The molecule has 0 unspecified atom stereocenters. The first-order valence-electron chi connectivity index (χ1n) is 11.2. The van der Waals surface area contributed by atoms with E-state index >= 15 is 0 Å². The third-order valence-corrected chi connectivity index (χ3v) is 5.91. The Balaban J connectivity index is 1.93. The molecule has 0 fully saturated rings. The molecular weight excluding hydrogens is 476 g/mol. The number of benzene rings is 1. The van der Waals surface area contributed by atoms with Crippen LogP contribution in [0.25, 0.3) is 21.8 Å². The first-order valence-corrected chi connectivity index (χ1v) is 11.2.